The molecule has 0 radical (unpaired) electrons. The van der Waals surface area contributed by atoms with Crippen LogP contribution in [0.2, 0.25) is 0 Å². The van der Waals surface area contributed by atoms with Crippen molar-refractivity contribution < 1.29 is 0 Å². The Morgan fingerprint density at radius 1 is 1.50 bits per heavy atom. The maximum atomic E-state index is 6.10. The molecular weight excluding hydrogens is 240 g/mol. The second kappa shape index (κ2) is 5.47. The molecule has 2 atom stereocenters. The fourth-order valence-corrected chi connectivity index (χ4v) is 1.75. The highest BCUT2D eigenvalue weighted by Gasteiger charge is 2.14. The van der Waals surface area contributed by atoms with Crippen molar-refractivity contribution in [1.29, 1.82) is 0 Å². The lowest BCUT2D eigenvalue weighted by Crippen LogP contribution is -2.20. The number of nitrogens with two attached hydrogens (primary N) is 1. The molecule has 78 valence electrons. The standard InChI is InChI=1S/C11H17BrN2/c1-3-4-8(2)11(13)10-6-5-9(12)7-14-10/h5-8,11H,3-4,13H2,1-2H3. The molecule has 0 aromatic carbocycles. The summed E-state index contributed by atoms with van der Waals surface area (Å²) >= 11 is 3.36. The summed E-state index contributed by atoms with van der Waals surface area (Å²) in [4.78, 5) is 4.31. The SMILES string of the molecule is CCCC(C)C(N)c1ccc(Br)cn1. The fourth-order valence-electron chi connectivity index (χ4n) is 1.51. The number of rotatable bonds is 4. The van der Waals surface area contributed by atoms with Gasteiger partial charge in [-0.2, -0.15) is 0 Å². The highest BCUT2D eigenvalue weighted by molar-refractivity contribution is 9.10. The van der Waals surface area contributed by atoms with Crippen LogP contribution in [0.1, 0.15) is 38.4 Å². The summed E-state index contributed by atoms with van der Waals surface area (Å²) in [6, 6.07) is 4.03. The minimum atomic E-state index is 0.0584. The van der Waals surface area contributed by atoms with Gasteiger partial charge in [-0.3, -0.25) is 4.98 Å². The predicted octanol–water partition coefficient (Wildman–Crippen LogP) is 3.28. The lowest BCUT2D eigenvalue weighted by molar-refractivity contribution is 0.426. The quantitative estimate of drug-likeness (QED) is 0.898. The highest BCUT2D eigenvalue weighted by atomic mass is 79.9. The van der Waals surface area contributed by atoms with Gasteiger partial charge in [0.25, 0.3) is 0 Å². The zero-order valence-corrected chi connectivity index (χ0v) is 10.3. The van der Waals surface area contributed by atoms with Gasteiger partial charge in [0.2, 0.25) is 0 Å². The average molecular weight is 257 g/mol. The van der Waals surface area contributed by atoms with Crippen molar-refractivity contribution in [2.24, 2.45) is 11.7 Å². The van der Waals surface area contributed by atoms with Gasteiger partial charge in [-0.25, -0.2) is 0 Å². The minimum absolute atomic E-state index is 0.0584. The first-order chi connectivity index (χ1) is 6.65. The summed E-state index contributed by atoms with van der Waals surface area (Å²) < 4.78 is 0.997. The minimum Gasteiger partial charge on any atom is -0.322 e. The summed E-state index contributed by atoms with van der Waals surface area (Å²) in [6.45, 7) is 4.36. The molecule has 2 unspecified atom stereocenters. The second-order valence-corrected chi connectivity index (χ2v) is 4.61. The summed E-state index contributed by atoms with van der Waals surface area (Å²) in [6.07, 6.45) is 4.12. The summed E-state index contributed by atoms with van der Waals surface area (Å²) in [5, 5.41) is 0. The molecular formula is C11H17BrN2. The maximum Gasteiger partial charge on any atom is 0.0574 e. The molecule has 0 saturated carbocycles. The second-order valence-electron chi connectivity index (χ2n) is 3.69. The van der Waals surface area contributed by atoms with E-state index in [9.17, 15) is 0 Å². The molecule has 1 heterocycles. The normalized spacial score (nSPS) is 15.1. The monoisotopic (exact) mass is 256 g/mol. The van der Waals surface area contributed by atoms with E-state index in [1.165, 1.54) is 6.42 Å². The van der Waals surface area contributed by atoms with E-state index in [1.807, 2.05) is 12.1 Å². The van der Waals surface area contributed by atoms with E-state index in [1.54, 1.807) is 6.20 Å². The largest absolute Gasteiger partial charge is 0.322 e. The third-order valence-corrected chi connectivity index (χ3v) is 2.92. The zero-order valence-electron chi connectivity index (χ0n) is 8.70. The van der Waals surface area contributed by atoms with Gasteiger partial charge >= 0.3 is 0 Å². The molecule has 0 aliphatic carbocycles. The number of nitrogens with zero attached hydrogens (tertiary/aromatic N) is 1. The van der Waals surface area contributed by atoms with E-state index in [-0.39, 0.29) is 6.04 Å². The first-order valence-electron chi connectivity index (χ1n) is 5.02. The van der Waals surface area contributed by atoms with Gasteiger partial charge in [0.05, 0.1) is 5.69 Å². The Kier molecular flexibility index (Phi) is 4.55. The summed E-state index contributed by atoms with van der Waals surface area (Å²) in [5.74, 6) is 0.494. The van der Waals surface area contributed by atoms with Crippen LogP contribution in [-0.4, -0.2) is 4.98 Å². The van der Waals surface area contributed by atoms with Crippen LogP contribution < -0.4 is 5.73 Å². The van der Waals surface area contributed by atoms with Crippen LogP contribution in [0.3, 0.4) is 0 Å². The maximum absolute atomic E-state index is 6.10. The molecule has 2 nitrogen and oxygen atoms in total. The third kappa shape index (κ3) is 3.07. The van der Waals surface area contributed by atoms with Crippen LogP contribution in [0.15, 0.2) is 22.8 Å². The number of hydrogen-bond acceptors (Lipinski definition) is 2. The molecule has 1 aromatic heterocycles. The Hall–Kier alpha value is -0.410. The predicted molar refractivity (Wildman–Crippen MR) is 62.9 cm³/mol. The summed E-state index contributed by atoms with van der Waals surface area (Å²) in [5.41, 5.74) is 7.08. The smallest absolute Gasteiger partial charge is 0.0574 e. The van der Waals surface area contributed by atoms with Crippen molar-refractivity contribution in [3.8, 4) is 0 Å². The van der Waals surface area contributed by atoms with Crippen LogP contribution in [0.5, 0.6) is 0 Å². The van der Waals surface area contributed by atoms with Gasteiger partial charge in [-0.15, -0.1) is 0 Å². The lowest BCUT2D eigenvalue weighted by atomic mass is 9.95. The third-order valence-electron chi connectivity index (χ3n) is 2.45. The van der Waals surface area contributed by atoms with Crippen LogP contribution in [0, 0.1) is 5.92 Å². The van der Waals surface area contributed by atoms with Gasteiger partial charge < -0.3 is 5.73 Å². The van der Waals surface area contributed by atoms with E-state index in [0.29, 0.717) is 5.92 Å². The summed E-state index contributed by atoms with van der Waals surface area (Å²) in [7, 11) is 0. The van der Waals surface area contributed by atoms with Crippen molar-refractivity contribution in [2.45, 2.75) is 32.7 Å². The fraction of sp³-hybridized carbons (Fsp3) is 0.545. The molecule has 1 aromatic rings. The first-order valence-corrected chi connectivity index (χ1v) is 5.81. The average Bonchev–Trinajstić information content (AvgIpc) is 2.18. The lowest BCUT2D eigenvalue weighted by Gasteiger charge is -2.18. The number of halogens is 1. The molecule has 14 heavy (non-hydrogen) atoms. The topological polar surface area (TPSA) is 38.9 Å². The van der Waals surface area contributed by atoms with Crippen molar-refractivity contribution in [3.63, 3.8) is 0 Å². The zero-order chi connectivity index (χ0) is 10.6. The Morgan fingerprint density at radius 3 is 2.71 bits per heavy atom. The Bertz CT molecular complexity index is 271. The van der Waals surface area contributed by atoms with Gasteiger partial charge in [0, 0.05) is 16.7 Å². The van der Waals surface area contributed by atoms with Gasteiger partial charge in [0.15, 0.2) is 0 Å². The molecule has 2 N–H and O–H groups in total. The van der Waals surface area contributed by atoms with E-state index < -0.39 is 0 Å². The molecule has 0 saturated heterocycles. The molecule has 0 bridgehead atoms. The van der Waals surface area contributed by atoms with Crippen LogP contribution in [0.25, 0.3) is 0 Å². The first kappa shape index (κ1) is 11.7. The van der Waals surface area contributed by atoms with Crippen molar-refractivity contribution in [1.82, 2.24) is 4.98 Å². The van der Waals surface area contributed by atoms with E-state index in [4.69, 9.17) is 5.73 Å². The van der Waals surface area contributed by atoms with Gasteiger partial charge in [0.1, 0.15) is 0 Å². The van der Waals surface area contributed by atoms with E-state index in [0.717, 1.165) is 16.6 Å². The van der Waals surface area contributed by atoms with Crippen LogP contribution in [0.4, 0.5) is 0 Å². The molecule has 0 aliphatic rings. The van der Waals surface area contributed by atoms with Gasteiger partial charge in [-0.1, -0.05) is 20.3 Å². The van der Waals surface area contributed by atoms with Crippen LogP contribution >= 0.6 is 15.9 Å². The van der Waals surface area contributed by atoms with Crippen molar-refractivity contribution in [3.05, 3.63) is 28.5 Å². The molecule has 0 amide bonds. The number of hydrogen-bond donors (Lipinski definition) is 1. The highest BCUT2D eigenvalue weighted by Crippen LogP contribution is 2.22. The molecule has 0 spiro atoms. The Labute approximate surface area is 94.0 Å². The Balaban J connectivity index is 2.68. The van der Waals surface area contributed by atoms with Crippen LogP contribution in [-0.2, 0) is 0 Å². The molecule has 3 heteroatoms. The number of pyridine rings is 1. The van der Waals surface area contributed by atoms with Gasteiger partial charge in [-0.05, 0) is 40.4 Å². The van der Waals surface area contributed by atoms with Crippen molar-refractivity contribution in [2.75, 3.05) is 0 Å². The Morgan fingerprint density at radius 2 is 2.21 bits per heavy atom. The number of aromatic nitrogens is 1. The molecule has 0 fully saturated rings. The molecule has 0 aliphatic heterocycles. The van der Waals surface area contributed by atoms with E-state index >= 15 is 0 Å². The molecule has 1 rings (SSSR count). The van der Waals surface area contributed by atoms with E-state index in [2.05, 4.69) is 34.8 Å². The van der Waals surface area contributed by atoms with Crippen molar-refractivity contribution >= 4 is 15.9 Å².